The van der Waals surface area contributed by atoms with Crippen LogP contribution in [0.3, 0.4) is 0 Å². The number of nitrogens with one attached hydrogen (secondary N) is 1. The molecule has 2 fully saturated rings. The molecule has 2 atom stereocenters. The van der Waals surface area contributed by atoms with E-state index in [1.165, 1.54) is 0 Å². The highest BCUT2D eigenvalue weighted by atomic mass is 32.2. The van der Waals surface area contributed by atoms with Crippen molar-refractivity contribution in [2.45, 2.75) is 43.7 Å². The molecule has 3 heterocycles. The van der Waals surface area contributed by atoms with Crippen LogP contribution < -0.4 is 9.73 Å². The molecule has 9 heteroatoms. The Labute approximate surface area is 205 Å². The van der Waals surface area contributed by atoms with Gasteiger partial charge in [-0.25, -0.2) is 4.83 Å². The Morgan fingerprint density at radius 1 is 1.14 bits per heavy atom. The summed E-state index contributed by atoms with van der Waals surface area (Å²) in [5.41, 5.74) is 4.23. The molecule has 0 amide bonds. The average Bonchev–Trinajstić information content (AvgIpc) is 2.87. The fraction of sp³-hybridized carbons (Fsp3) is 0.346. The van der Waals surface area contributed by atoms with Crippen LogP contribution in [0.4, 0.5) is 5.69 Å². The van der Waals surface area contributed by atoms with Gasteiger partial charge >= 0.3 is 0 Å². The van der Waals surface area contributed by atoms with Crippen molar-refractivity contribution in [2.24, 2.45) is 5.10 Å². The molecular weight excluding hydrogens is 460 g/mol. The SMILES string of the molecule is Cc1ccc(S(=O)(=O)N/N=C2\CCN3[C@@H](C2)CN(c2ccc(C#N)c4ncccc24)C[C@H]3C)cc1. The number of hydrazone groups is 1. The van der Waals surface area contributed by atoms with Gasteiger partial charge in [0, 0.05) is 67.5 Å². The zero-order valence-corrected chi connectivity index (χ0v) is 20.7. The molecule has 2 saturated heterocycles. The Morgan fingerprint density at radius 2 is 1.94 bits per heavy atom. The van der Waals surface area contributed by atoms with Crippen molar-refractivity contribution < 1.29 is 8.42 Å². The standard InChI is InChI=1S/C26H28N6O2S/c1-18-5-8-23(9-6-18)35(33,34)30-29-21-11-13-32-19(2)16-31(17-22(32)14-21)25-10-7-20(15-27)26-24(25)4-3-12-28-26/h3-10,12,19,22,30H,11,13-14,16-17H2,1-2H3/b29-21+/t19-,22+/m1/s1. The van der Waals surface area contributed by atoms with E-state index in [0.717, 1.165) is 53.9 Å². The van der Waals surface area contributed by atoms with Gasteiger partial charge in [0.15, 0.2) is 0 Å². The number of nitriles is 1. The van der Waals surface area contributed by atoms with Crippen molar-refractivity contribution in [3.8, 4) is 6.07 Å². The number of piperazine rings is 1. The van der Waals surface area contributed by atoms with Crippen LogP contribution in [-0.2, 0) is 10.0 Å². The van der Waals surface area contributed by atoms with Crippen molar-refractivity contribution >= 4 is 32.3 Å². The lowest BCUT2D eigenvalue weighted by molar-refractivity contribution is 0.118. The Hall–Kier alpha value is -3.48. The number of anilines is 1. The molecule has 0 bridgehead atoms. The topological polar surface area (TPSA) is 102 Å². The van der Waals surface area contributed by atoms with Gasteiger partial charge < -0.3 is 4.90 Å². The number of benzene rings is 2. The monoisotopic (exact) mass is 488 g/mol. The van der Waals surface area contributed by atoms with Gasteiger partial charge in [-0.15, -0.1) is 0 Å². The summed E-state index contributed by atoms with van der Waals surface area (Å²) in [6, 6.07) is 17.3. The molecular formula is C26H28N6O2S. The number of rotatable bonds is 4. The first-order valence-corrected chi connectivity index (χ1v) is 13.3. The lowest BCUT2D eigenvalue weighted by atomic mass is 9.94. The third-order valence-electron chi connectivity index (χ3n) is 6.94. The number of nitrogens with zero attached hydrogens (tertiary/aromatic N) is 5. The number of aryl methyl sites for hydroxylation is 1. The van der Waals surface area contributed by atoms with Crippen molar-refractivity contribution in [2.75, 3.05) is 24.5 Å². The van der Waals surface area contributed by atoms with Gasteiger partial charge in [0.2, 0.25) is 0 Å². The molecule has 0 spiro atoms. The number of hydrogen-bond acceptors (Lipinski definition) is 7. The molecule has 3 aromatic rings. The van der Waals surface area contributed by atoms with Crippen molar-refractivity contribution in [1.29, 1.82) is 5.26 Å². The van der Waals surface area contributed by atoms with Gasteiger partial charge in [-0.2, -0.15) is 18.8 Å². The van der Waals surface area contributed by atoms with E-state index in [4.69, 9.17) is 0 Å². The minimum atomic E-state index is -3.70. The maximum Gasteiger partial charge on any atom is 0.276 e. The zero-order valence-electron chi connectivity index (χ0n) is 19.8. The minimum Gasteiger partial charge on any atom is -0.368 e. The summed E-state index contributed by atoms with van der Waals surface area (Å²) in [7, 11) is -3.70. The summed E-state index contributed by atoms with van der Waals surface area (Å²) in [6.07, 6.45) is 3.15. The lowest BCUT2D eigenvalue weighted by Crippen LogP contribution is -2.60. The summed E-state index contributed by atoms with van der Waals surface area (Å²) >= 11 is 0. The van der Waals surface area contributed by atoms with E-state index in [-0.39, 0.29) is 10.9 Å². The summed E-state index contributed by atoms with van der Waals surface area (Å²) in [6.45, 7) is 6.66. The fourth-order valence-electron chi connectivity index (χ4n) is 5.15. The second-order valence-corrected chi connectivity index (χ2v) is 11.0. The summed E-state index contributed by atoms with van der Waals surface area (Å²) in [4.78, 5) is 12.0. The molecule has 5 rings (SSSR count). The fourth-order valence-corrected chi connectivity index (χ4v) is 6.00. The van der Waals surface area contributed by atoms with E-state index in [1.807, 2.05) is 31.2 Å². The maximum atomic E-state index is 12.7. The smallest absolute Gasteiger partial charge is 0.276 e. The summed E-state index contributed by atoms with van der Waals surface area (Å²) in [5.74, 6) is 0. The van der Waals surface area contributed by atoms with Crippen LogP contribution >= 0.6 is 0 Å². The number of pyridine rings is 1. The Bertz CT molecular complexity index is 1430. The van der Waals surface area contributed by atoms with Crippen LogP contribution in [0.15, 0.2) is 64.7 Å². The van der Waals surface area contributed by atoms with Gasteiger partial charge in [0.1, 0.15) is 6.07 Å². The van der Waals surface area contributed by atoms with Gasteiger partial charge in [-0.1, -0.05) is 17.7 Å². The van der Waals surface area contributed by atoms with Gasteiger partial charge in [0.25, 0.3) is 10.0 Å². The first-order valence-electron chi connectivity index (χ1n) is 11.8. The van der Waals surface area contributed by atoms with Gasteiger partial charge in [0.05, 0.1) is 16.0 Å². The van der Waals surface area contributed by atoms with Crippen molar-refractivity contribution in [1.82, 2.24) is 14.7 Å². The first kappa shape index (κ1) is 23.3. The Morgan fingerprint density at radius 3 is 2.71 bits per heavy atom. The van der Waals surface area contributed by atoms with Crippen molar-refractivity contribution in [3.63, 3.8) is 0 Å². The van der Waals surface area contributed by atoms with E-state index >= 15 is 0 Å². The van der Waals surface area contributed by atoms with Crippen LogP contribution in [0.25, 0.3) is 10.9 Å². The number of fused-ring (bicyclic) bond motifs is 2. The molecule has 0 unspecified atom stereocenters. The summed E-state index contributed by atoms with van der Waals surface area (Å²) < 4.78 is 25.3. The molecule has 2 aromatic carbocycles. The minimum absolute atomic E-state index is 0.212. The quantitative estimate of drug-likeness (QED) is 0.565. The van der Waals surface area contributed by atoms with Crippen LogP contribution in [-0.4, -0.2) is 55.7 Å². The van der Waals surface area contributed by atoms with Gasteiger partial charge in [-0.3, -0.25) is 9.88 Å². The average molecular weight is 489 g/mol. The molecule has 0 aliphatic carbocycles. The summed E-state index contributed by atoms with van der Waals surface area (Å²) in [5, 5.41) is 14.8. The van der Waals surface area contributed by atoms with E-state index in [9.17, 15) is 13.7 Å². The molecule has 2 aliphatic heterocycles. The highest BCUT2D eigenvalue weighted by Crippen LogP contribution is 2.32. The molecule has 1 aromatic heterocycles. The molecule has 2 aliphatic rings. The number of sulfonamides is 1. The molecule has 1 N–H and O–H groups in total. The Balaban J connectivity index is 1.36. The van der Waals surface area contributed by atoms with E-state index in [1.54, 1.807) is 30.5 Å². The lowest BCUT2D eigenvalue weighted by Gasteiger charge is -2.49. The van der Waals surface area contributed by atoms with Crippen LogP contribution in [0, 0.1) is 18.3 Å². The molecule has 8 nitrogen and oxygen atoms in total. The number of aromatic nitrogens is 1. The largest absolute Gasteiger partial charge is 0.368 e. The third kappa shape index (κ3) is 4.59. The van der Waals surface area contributed by atoms with Crippen LogP contribution in [0.1, 0.15) is 30.9 Å². The maximum absolute atomic E-state index is 12.7. The third-order valence-corrected chi connectivity index (χ3v) is 8.17. The predicted octanol–water partition coefficient (Wildman–Crippen LogP) is 3.42. The van der Waals surface area contributed by atoms with Crippen LogP contribution in [0.5, 0.6) is 0 Å². The second-order valence-electron chi connectivity index (χ2n) is 9.33. The van der Waals surface area contributed by atoms with E-state index < -0.39 is 10.0 Å². The Kier molecular flexibility index (Phi) is 6.17. The normalized spacial score (nSPS) is 22.1. The van der Waals surface area contributed by atoms with Gasteiger partial charge in [-0.05, 0) is 50.2 Å². The first-order chi connectivity index (χ1) is 16.9. The molecule has 35 heavy (non-hydrogen) atoms. The van der Waals surface area contributed by atoms with Crippen LogP contribution in [0.2, 0.25) is 0 Å². The molecule has 180 valence electrons. The zero-order chi connectivity index (χ0) is 24.6. The second kappa shape index (κ2) is 9.29. The predicted molar refractivity (Wildman–Crippen MR) is 137 cm³/mol. The molecule has 0 saturated carbocycles. The highest BCUT2D eigenvalue weighted by molar-refractivity contribution is 7.89. The number of piperidine rings is 1. The van der Waals surface area contributed by atoms with Crippen molar-refractivity contribution in [3.05, 3.63) is 65.9 Å². The highest BCUT2D eigenvalue weighted by Gasteiger charge is 2.36. The number of hydrogen-bond donors (Lipinski definition) is 1. The molecule has 0 radical (unpaired) electrons. The van der Waals surface area contributed by atoms with E-state index in [2.05, 4.69) is 37.7 Å². The van der Waals surface area contributed by atoms with E-state index in [0.29, 0.717) is 18.0 Å².